The van der Waals surface area contributed by atoms with Crippen LogP contribution < -0.4 is 10.9 Å². The van der Waals surface area contributed by atoms with Gasteiger partial charge in [0.2, 0.25) is 0 Å². The van der Waals surface area contributed by atoms with Crippen LogP contribution in [0.4, 0.5) is 23.2 Å². The predicted octanol–water partition coefficient (Wildman–Crippen LogP) is 6.25. The molecule has 1 saturated carbocycles. The van der Waals surface area contributed by atoms with E-state index in [0.717, 1.165) is 37.6 Å². The number of anilines is 1. The number of rotatable bonds is 6. The molecule has 5 rings (SSSR count). The van der Waals surface area contributed by atoms with E-state index in [0.29, 0.717) is 39.1 Å². The Hall–Kier alpha value is -4.05. The van der Waals surface area contributed by atoms with E-state index in [9.17, 15) is 22.4 Å². The van der Waals surface area contributed by atoms with Gasteiger partial charge < -0.3 is 10.5 Å². The van der Waals surface area contributed by atoms with Crippen LogP contribution in [-0.4, -0.2) is 21.0 Å². The van der Waals surface area contributed by atoms with Crippen molar-refractivity contribution < 1.29 is 27.5 Å². The highest BCUT2D eigenvalue weighted by Gasteiger charge is 2.35. The summed E-state index contributed by atoms with van der Waals surface area (Å²) in [6.45, 7) is 0. The van der Waals surface area contributed by atoms with E-state index in [1.807, 2.05) is 0 Å². The molecule has 0 radical (unpaired) electrons. The molecule has 0 spiro atoms. The molecule has 1 fully saturated rings. The Morgan fingerprint density at radius 1 is 1.05 bits per heavy atom. The molecule has 0 saturated heterocycles. The van der Waals surface area contributed by atoms with Gasteiger partial charge in [0.1, 0.15) is 5.69 Å². The Morgan fingerprint density at radius 3 is 2.43 bits per heavy atom. The molecule has 190 valence electrons. The summed E-state index contributed by atoms with van der Waals surface area (Å²) in [7, 11) is 0. The summed E-state index contributed by atoms with van der Waals surface area (Å²) >= 11 is 0. The Balaban J connectivity index is 1.73. The van der Waals surface area contributed by atoms with Crippen LogP contribution in [0.1, 0.15) is 59.3 Å². The third-order valence-electron chi connectivity index (χ3n) is 6.53. The second kappa shape index (κ2) is 9.78. The molecule has 10 heteroatoms. The van der Waals surface area contributed by atoms with Crippen molar-refractivity contribution >= 4 is 28.9 Å². The standard InChI is InChI=1S/C27H22F4N4O2/c28-25-19-14-18(9-10-20(19)34-35-25)23(17-7-4-15(5-8-17)6-11-22(36)37)24(16-2-1-3-16)26-32-13-12-21(33-26)27(29,30)31/h4-14,16,25,34-35H,1-3H2,(H,36,37)/b11-6+,24-23+. The molecule has 2 heterocycles. The van der Waals surface area contributed by atoms with Crippen molar-refractivity contribution in [1.82, 2.24) is 15.4 Å². The minimum atomic E-state index is -4.63. The van der Waals surface area contributed by atoms with Crippen LogP contribution >= 0.6 is 0 Å². The fraction of sp³-hybridized carbons (Fsp3) is 0.222. The first-order valence-electron chi connectivity index (χ1n) is 11.7. The quantitative estimate of drug-likeness (QED) is 0.206. The number of halogens is 4. The Bertz CT molecular complexity index is 1400. The summed E-state index contributed by atoms with van der Waals surface area (Å²) in [6, 6.07) is 13.0. The molecule has 3 N–H and O–H groups in total. The van der Waals surface area contributed by atoms with Crippen LogP contribution in [0.15, 0.2) is 60.8 Å². The molecule has 0 amide bonds. The zero-order valence-electron chi connectivity index (χ0n) is 19.4. The van der Waals surface area contributed by atoms with Gasteiger partial charge in [-0.2, -0.15) is 13.2 Å². The summed E-state index contributed by atoms with van der Waals surface area (Å²) in [4.78, 5) is 19.0. The topological polar surface area (TPSA) is 87.1 Å². The molecule has 1 aliphatic heterocycles. The van der Waals surface area contributed by atoms with E-state index in [1.54, 1.807) is 42.5 Å². The van der Waals surface area contributed by atoms with Gasteiger partial charge in [-0.3, -0.25) is 0 Å². The van der Waals surface area contributed by atoms with Gasteiger partial charge in [-0.15, -0.1) is 0 Å². The minimum Gasteiger partial charge on any atom is -0.478 e. The van der Waals surface area contributed by atoms with E-state index in [2.05, 4.69) is 20.8 Å². The number of aliphatic carboxylic acids is 1. The Labute approximate surface area is 209 Å². The van der Waals surface area contributed by atoms with Gasteiger partial charge >= 0.3 is 12.1 Å². The van der Waals surface area contributed by atoms with Crippen LogP contribution in [0.25, 0.3) is 17.2 Å². The third-order valence-corrected chi connectivity index (χ3v) is 6.53. The second-order valence-electron chi connectivity index (χ2n) is 8.91. The monoisotopic (exact) mass is 510 g/mol. The molecule has 1 aliphatic carbocycles. The highest BCUT2D eigenvalue weighted by atomic mass is 19.4. The van der Waals surface area contributed by atoms with Gasteiger partial charge in [0.25, 0.3) is 0 Å². The highest BCUT2D eigenvalue weighted by Crippen LogP contribution is 2.45. The molecule has 2 aromatic carbocycles. The average molecular weight is 510 g/mol. The van der Waals surface area contributed by atoms with E-state index in [-0.39, 0.29) is 11.7 Å². The Morgan fingerprint density at radius 2 is 1.78 bits per heavy atom. The molecule has 1 aromatic heterocycles. The number of carboxylic acids is 1. The van der Waals surface area contributed by atoms with Gasteiger partial charge in [-0.1, -0.05) is 36.8 Å². The fourth-order valence-corrected chi connectivity index (χ4v) is 4.51. The van der Waals surface area contributed by atoms with Crippen molar-refractivity contribution in [1.29, 1.82) is 0 Å². The van der Waals surface area contributed by atoms with E-state index < -0.39 is 24.1 Å². The number of fused-ring (bicyclic) bond motifs is 1. The predicted molar refractivity (Wildman–Crippen MR) is 130 cm³/mol. The van der Waals surface area contributed by atoms with Crippen molar-refractivity contribution in [3.63, 3.8) is 0 Å². The lowest BCUT2D eigenvalue weighted by Crippen LogP contribution is -2.18. The summed E-state index contributed by atoms with van der Waals surface area (Å²) in [5, 5.41) is 8.91. The number of nitrogens with one attached hydrogen (secondary N) is 2. The highest BCUT2D eigenvalue weighted by molar-refractivity contribution is 5.99. The van der Waals surface area contributed by atoms with Crippen LogP contribution in [-0.2, 0) is 11.0 Å². The lowest BCUT2D eigenvalue weighted by atomic mass is 9.75. The maximum atomic E-state index is 14.5. The number of nitrogens with zero attached hydrogens (tertiary/aromatic N) is 2. The Kier molecular flexibility index (Phi) is 6.51. The molecule has 6 nitrogen and oxygen atoms in total. The lowest BCUT2D eigenvalue weighted by Gasteiger charge is -2.30. The normalized spacial score (nSPS) is 18.2. The summed E-state index contributed by atoms with van der Waals surface area (Å²) in [6.07, 6.45) is -0.0683. The number of carbonyl (C=O) groups is 1. The van der Waals surface area contributed by atoms with Crippen molar-refractivity contribution in [2.24, 2.45) is 5.92 Å². The number of alkyl halides is 4. The summed E-state index contributed by atoms with van der Waals surface area (Å²) < 4.78 is 55.1. The second-order valence-corrected chi connectivity index (χ2v) is 8.91. The third kappa shape index (κ3) is 5.10. The van der Waals surface area contributed by atoms with Crippen LogP contribution in [0.3, 0.4) is 0 Å². The smallest absolute Gasteiger partial charge is 0.433 e. The number of aromatic nitrogens is 2. The van der Waals surface area contributed by atoms with Gasteiger partial charge in [0, 0.05) is 23.4 Å². The van der Waals surface area contributed by atoms with Gasteiger partial charge in [-0.25, -0.2) is 24.6 Å². The number of hydrogen-bond donors (Lipinski definition) is 3. The van der Waals surface area contributed by atoms with Crippen molar-refractivity contribution in [3.8, 4) is 0 Å². The lowest BCUT2D eigenvalue weighted by molar-refractivity contribution is -0.141. The maximum Gasteiger partial charge on any atom is 0.433 e. The van der Waals surface area contributed by atoms with Crippen molar-refractivity contribution in [3.05, 3.63) is 94.6 Å². The summed E-state index contributed by atoms with van der Waals surface area (Å²) in [5.74, 6) is -1.17. The van der Waals surface area contributed by atoms with Gasteiger partial charge in [-0.05, 0) is 65.3 Å². The number of hydrogen-bond acceptors (Lipinski definition) is 5. The first-order chi connectivity index (χ1) is 17.7. The van der Waals surface area contributed by atoms with Gasteiger partial charge in [0.05, 0.1) is 5.69 Å². The van der Waals surface area contributed by atoms with Crippen molar-refractivity contribution in [2.75, 3.05) is 5.43 Å². The first kappa shape index (κ1) is 24.6. The number of hydrazine groups is 1. The van der Waals surface area contributed by atoms with E-state index in [4.69, 9.17) is 5.11 Å². The molecule has 37 heavy (non-hydrogen) atoms. The van der Waals surface area contributed by atoms with Crippen LogP contribution in [0, 0.1) is 5.92 Å². The van der Waals surface area contributed by atoms with E-state index in [1.165, 1.54) is 6.08 Å². The number of carboxylic acid groups (broad SMARTS) is 1. The maximum absolute atomic E-state index is 14.5. The average Bonchev–Trinajstić information content (AvgIpc) is 3.21. The zero-order valence-corrected chi connectivity index (χ0v) is 19.4. The van der Waals surface area contributed by atoms with Crippen LogP contribution in [0.2, 0.25) is 0 Å². The van der Waals surface area contributed by atoms with Crippen LogP contribution in [0.5, 0.6) is 0 Å². The molecule has 0 bridgehead atoms. The molecule has 1 unspecified atom stereocenters. The SMILES string of the molecule is O=C(O)/C=C/c1ccc(/C(=C(\c2nccc(C(F)(F)F)n2)C2CCC2)c2ccc3c(c2)C(F)NN3)cc1. The minimum absolute atomic E-state index is 0.0158. The van der Waals surface area contributed by atoms with Crippen molar-refractivity contribution in [2.45, 2.75) is 31.7 Å². The zero-order chi connectivity index (χ0) is 26.2. The number of benzene rings is 2. The molecule has 2 aliphatic rings. The fourth-order valence-electron chi connectivity index (χ4n) is 4.51. The molecular formula is C27H22F4N4O2. The first-order valence-corrected chi connectivity index (χ1v) is 11.7. The largest absolute Gasteiger partial charge is 0.478 e. The van der Waals surface area contributed by atoms with E-state index >= 15 is 0 Å². The molecule has 3 aromatic rings. The number of allylic oxidation sites excluding steroid dienone is 1. The summed E-state index contributed by atoms with van der Waals surface area (Å²) in [5.41, 5.74) is 8.31. The molecule has 1 atom stereocenters. The van der Waals surface area contributed by atoms with Gasteiger partial charge in [0.15, 0.2) is 12.1 Å². The molecular weight excluding hydrogens is 488 g/mol.